The highest BCUT2D eigenvalue weighted by Crippen LogP contribution is 2.26. The molecule has 0 aromatic rings. The molecular formula is C9H18ClN. The molecular weight excluding hydrogens is 158 g/mol. The van der Waals surface area contributed by atoms with Crippen LogP contribution in [-0.4, -0.2) is 29.9 Å². The third-order valence-electron chi connectivity index (χ3n) is 2.15. The molecule has 1 aliphatic carbocycles. The maximum absolute atomic E-state index is 5.64. The van der Waals surface area contributed by atoms with Crippen molar-refractivity contribution < 1.29 is 0 Å². The summed E-state index contributed by atoms with van der Waals surface area (Å²) in [6, 6.07) is 0.915. The maximum atomic E-state index is 5.64. The lowest BCUT2D eigenvalue weighted by Gasteiger charge is -2.20. The molecule has 66 valence electrons. The summed E-state index contributed by atoms with van der Waals surface area (Å²) >= 11 is 5.64. The minimum absolute atomic E-state index is 0.812. The lowest BCUT2D eigenvalue weighted by atomic mass is 10.3. The van der Waals surface area contributed by atoms with Gasteiger partial charge in [-0.2, -0.15) is 0 Å². The number of halogens is 1. The van der Waals surface area contributed by atoms with Crippen LogP contribution in [0.2, 0.25) is 0 Å². The predicted molar refractivity (Wildman–Crippen MR) is 50.2 cm³/mol. The highest BCUT2D eigenvalue weighted by molar-refractivity contribution is 6.17. The summed E-state index contributed by atoms with van der Waals surface area (Å²) < 4.78 is 0. The van der Waals surface area contributed by atoms with Gasteiger partial charge in [0.1, 0.15) is 0 Å². The molecule has 0 atom stereocenters. The minimum Gasteiger partial charge on any atom is -0.300 e. The average molecular weight is 176 g/mol. The minimum atomic E-state index is 0.812. The fraction of sp³-hybridized carbons (Fsp3) is 1.00. The zero-order valence-electron chi connectivity index (χ0n) is 7.35. The van der Waals surface area contributed by atoms with E-state index >= 15 is 0 Å². The molecule has 1 saturated carbocycles. The van der Waals surface area contributed by atoms with Crippen LogP contribution in [0, 0.1) is 0 Å². The Kier molecular flexibility index (Phi) is 4.24. The molecule has 1 rings (SSSR count). The standard InChI is InChI=1S/C9H18ClN/c1-2-7-11(8-3-6-10)9-4-5-9/h9H,2-8H2,1H3. The number of hydrogen-bond donors (Lipinski definition) is 0. The van der Waals surface area contributed by atoms with Crippen LogP contribution in [0.15, 0.2) is 0 Å². The molecule has 1 fully saturated rings. The van der Waals surface area contributed by atoms with Gasteiger partial charge in [-0.1, -0.05) is 6.92 Å². The van der Waals surface area contributed by atoms with Gasteiger partial charge in [0.2, 0.25) is 0 Å². The summed E-state index contributed by atoms with van der Waals surface area (Å²) in [6.45, 7) is 4.72. The summed E-state index contributed by atoms with van der Waals surface area (Å²) in [6.07, 6.45) is 5.27. The first kappa shape index (κ1) is 9.34. The van der Waals surface area contributed by atoms with E-state index in [0.29, 0.717) is 0 Å². The zero-order chi connectivity index (χ0) is 8.10. The number of hydrogen-bond acceptors (Lipinski definition) is 1. The van der Waals surface area contributed by atoms with E-state index in [0.717, 1.165) is 18.3 Å². The average Bonchev–Trinajstić information content (AvgIpc) is 2.80. The van der Waals surface area contributed by atoms with Gasteiger partial charge in [0.05, 0.1) is 0 Å². The maximum Gasteiger partial charge on any atom is 0.0235 e. The first-order chi connectivity index (χ1) is 5.38. The molecule has 0 heterocycles. The molecule has 1 aliphatic rings. The second-order valence-corrected chi connectivity index (χ2v) is 3.69. The topological polar surface area (TPSA) is 3.24 Å². The smallest absolute Gasteiger partial charge is 0.0235 e. The SMILES string of the molecule is CCCN(CCCCl)C1CC1. The van der Waals surface area contributed by atoms with Crippen LogP contribution in [0.25, 0.3) is 0 Å². The van der Waals surface area contributed by atoms with Crippen molar-refractivity contribution in [1.29, 1.82) is 0 Å². The molecule has 0 amide bonds. The van der Waals surface area contributed by atoms with Crippen LogP contribution in [0.1, 0.15) is 32.6 Å². The van der Waals surface area contributed by atoms with E-state index in [1.54, 1.807) is 0 Å². The summed E-state index contributed by atoms with van der Waals surface area (Å²) in [5, 5.41) is 0. The molecule has 0 aliphatic heterocycles. The van der Waals surface area contributed by atoms with E-state index < -0.39 is 0 Å². The second-order valence-electron chi connectivity index (χ2n) is 3.31. The van der Waals surface area contributed by atoms with Crippen molar-refractivity contribution in [2.75, 3.05) is 19.0 Å². The Bertz CT molecular complexity index is 102. The first-order valence-electron chi connectivity index (χ1n) is 4.68. The monoisotopic (exact) mass is 175 g/mol. The Morgan fingerprint density at radius 1 is 1.36 bits per heavy atom. The van der Waals surface area contributed by atoms with Crippen molar-refractivity contribution in [3.8, 4) is 0 Å². The van der Waals surface area contributed by atoms with E-state index in [1.165, 1.54) is 32.4 Å². The van der Waals surface area contributed by atoms with Crippen molar-refractivity contribution in [1.82, 2.24) is 4.90 Å². The van der Waals surface area contributed by atoms with E-state index in [4.69, 9.17) is 11.6 Å². The van der Waals surface area contributed by atoms with Crippen LogP contribution in [-0.2, 0) is 0 Å². The van der Waals surface area contributed by atoms with Crippen molar-refractivity contribution in [3.05, 3.63) is 0 Å². The Hall–Kier alpha value is 0.250. The normalized spacial score (nSPS) is 17.7. The summed E-state index contributed by atoms with van der Waals surface area (Å²) in [5.74, 6) is 0.812. The van der Waals surface area contributed by atoms with E-state index in [2.05, 4.69) is 11.8 Å². The van der Waals surface area contributed by atoms with E-state index in [9.17, 15) is 0 Å². The largest absolute Gasteiger partial charge is 0.300 e. The van der Waals surface area contributed by atoms with Gasteiger partial charge >= 0.3 is 0 Å². The Labute approximate surface area is 74.7 Å². The molecule has 0 saturated heterocycles. The molecule has 2 heteroatoms. The third kappa shape index (κ3) is 3.44. The molecule has 0 unspecified atom stereocenters. The van der Waals surface area contributed by atoms with E-state index in [1.807, 2.05) is 0 Å². The van der Waals surface area contributed by atoms with Gasteiger partial charge in [0.15, 0.2) is 0 Å². The number of rotatable bonds is 6. The molecule has 1 nitrogen and oxygen atoms in total. The lowest BCUT2D eigenvalue weighted by Crippen LogP contribution is -2.28. The predicted octanol–water partition coefficient (Wildman–Crippen LogP) is 2.49. The molecule has 0 aromatic heterocycles. The molecule has 0 spiro atoms. The molecule has 0 bridgehead atoms. The summed E-state index contributed by atoms with van der Waals surface area (Å²) in [5.41, 5.74) is 0. The van der Waals surface area contributed by atoms with Gasteiger partial charge in [-0.05, 0) is 38.8 Å². The van der Waals surface area contributed by atoms with Gasteiger partial charge in [-0.3, -0.25) is 0 Å². The van der Waals surface area contributed by atoms with Crippen LogP contribution >= 0.6 is 11.6 Å². The van der Waals surface area contributed by atoms with Crippen molar-refractivity contribution in [2.24, 2.45) is 0 Å². The molecule has 0 aromatic carbocycles. The molecule has 0 N–H and O–H groups in total. The number of nitrogens with zero attached hydrogens (tertiary/aromatic N) is 1. The Balaban J connectivity index is 2.10. The van der Waals surface area contributed by atoms with Crippen LogP contribution in [0.5, 0.6) is 0 Å². The highest BCUT2D eigenvalue weighted by atomic mass is 35.5. The first-order valence-corrected chi connectivity index (χ1v) is 5.22. The van der Waals surface area contributed by atoms with Gasteiger partial charge in [-0.25, -0.2) is 0 Å². The summed E-state index contributed by atoms with van der Waals surface area (Å²) in [7, 11) is 0. The zero-order valence-corrected chi connectivity index (χ0v) is 8.11. The van der Waals surface area contributed by atoms with Crippen LogP contribution in [0.4, 0.5) is 0 Å². The Morgan fingerprint density at radius 3 is 2.55 bits per heavy atom. The van der Waals surface area contributed by atoms with Gasteiger partial charge in [0.25, 0.3) is 0 Å². The van der Waals surface area contributed by atoms with Crippen molar-refractivity contribution in [2.45, 2.75) is 38.6 Å². The second kappa shape index (κ2) is 5.00. The van der Waals surface area contributed by atoms with Gasteiger partial charge in [-0.15, -0.1) is 11.6 Å². The lowest BCUT2D eigenvalue weighted by molar-refractivity contribution is 0.265. The van der Waals surface area contributed by atoms with Crippen molar-refractivity contribution in [3.63, 3.8) is 0 Å². The molecule has 11 heavy (non-hydrogen) atoms. The third-order valence-corrected chi connectivity index (χ3v) is 2.42. The fourth-order valence-corrected chi connectivity index (χ4v) is 1.59. The van der Waals surface area contributed by atoms with Crippen LogP contribution in [0.3, 0.4) is 0 Å². The molecule has 0 radical (unpaired) electrons. The quantitative estimate of drug-likeness (QED) is 0.561. The fourth-order valence-electron chi connectivity index (χ4n) is 1.47. The van der Waals surface area contributed by atoms with Gasteiger partial charge in [0, 0.05) is 11.9 Å². The Morgan fingerprint density at radius 2 is 2.09 bits per heavy atom. The highest BCUT2D eigenvalue weighted by Gasteiger charge is 2.27. The van der Waals surface area contributed by atoms with E-state index in [-0.39, 0.29) is 0 Å². The number of alkyl halides is 1. The van der Waals surface area contributed by atoms with Crippen LogP contribution < -0.4 is 0 Å². The van der Waals surface area contributed by atoms with Crippen molar-refractivity contribution >= 4 is 11.6 Å². The van der Waals surface area contributed by atoms with Gasteiger partial charge < -0.3 is 4.90 Å². The summed E-state index contributed by atoms with van der Waals surface area (Å²) in [4.78, 5) is 2.59.